The molecule has 0 radical (unpaired) electrons. The van der Waals surface area contributed by atoms with Crippen molar-refractivity contribution in [3.8, 4) is 5.75 Å². The zero-order valence-electron chi connectivity index (χ0n) is 8.18. The SMILES string of the molecule is Cc1cc(O)c(F)cc1C1CCNC1. The van der Waals surface area contributed by atoms with Gasteiger partial charge in [0.15, 0.2) is 11.6 Å². The number of hydrogen-bond donors (Lipinski definition) is 2. The first-order valence-corrected chi connectivity index (χ1v) is 4.88. The third-order valence-corrected chi connectivity index (χ3v) is 2.84. The first-order valence-electron chi connectivity index (χ1n) is 4.88. The fourth-order valence-electron chi connectivity index (χ4n) is 2.04. The molecule has 1 unspecified atom stereocenters. The molecule has 1 saturated heterocycles. The molecule has 0 amide bonds. The first kappa shape index (κ1) is 9.46. The largest absolute Gasteiger partial charge is 0.505 e. The van der Waals surface area contributed by atoms with Crippen LogP contribution in [0.4, 0.5) is 4.39 Å². The Morgan fingerprint density at radius 2 is 2.29 bits per heavy atom. The van der Waals surface area contributed by atoms with Crippen molar-refractivity contribution in [1.29, 1.82) is 0 Å². The van der Waals surface area contributed by atoms with Crippen molar-refractivity contribution in [1.82, 2.24) is 5.32 Å². The lowest BCUT2D eigenvalue weighted by atomic mass is 9.94. The molecule has 1 aliphatic heterocycles. The zero-order chi connectivity index (χ0) is 10.1. The fraction of sp³-hybridized carbons (Fsp3) is 0.455. The van der Waals surface area contributed by atoms with Gasteiger partial charge in [0.2, 0.25) is 0 Å². The normalized spacial score (nSPS) is 21.4. The van der Waals surface area contributed by atoms with Crippen molar-refractivity contribution in [3.63, 3.8) is 0 Å². The molecule has 3 heteroatoms. The number of phenols is 1. The smallest absolute Gasteiger partial charge is 0.165 e. The van der Waals surface area contributed by atoms with E-state index in [0.29, 0.717) is 5.92 Å². The van der Waals surface area contributed by atoms with E-state index in [4.69, 9.17) is 0 Å². The highest BCUT2D eigenvalue weighted by Gasteiger charge is 2.19. The summed E-state index contributed by atoms with van der Waals surface area (Å²) in [5.74, 6) is -0.375. The lowest BCUT2D eigenvalue weighted by molar-refractivity contribution is 0.430. The standard InChI is InChI=1S/C11H14FNO/c1-7-4-11(14)10(12)5-9(7)8-2-3-13-6-8/h4-5,8,13-14H,2-3,6H2,1H3. The van der Waals surface area contributed by atoms with Crippen molar-refractivity contribution >= 4 is 0 Å². The summed E-state index contributed by atoms with van der Waals surface area (Å²) >= 11 is 0. The molecule has 2 nitrogen and oxygen atoms in total. The summed E-state index contributed by atoms with van der Waals surface area (Å²) in [5.41, 5.74) is 1.99. The van der Waals surface area contributed by atoms with Gasteiger partial charge in [-0.15, -0.1) is 0 Å². The van der Waals surface area contributed by atoms with Crippen LogP contribution in [-0.2, 0) is 0 Å². The third-order valence-electron chi connectivity index (χ3n) is 2.84. The fourth-order valence-corrected chi connectivity index (χ4v) is 2.04. The van der Waals surface area contributed by atoms with Crippen LogP contribution in [0, 0.1) is 12.7 Å². The average Bonchev–Trinajstić information content (AvgIpc) is 2.64. The molecule has 0 bridgehead atoms. The van der Waals surface area contributed by atoms with E-state index in [2.05, 4.69) is 5.32 Å². The molecule has 0 saturated carbocycles. The number of phenolic OH excluding ortho intramolecular Hbond substituents is 1. The minimum absolute atomic E-state index is 0.253. The molecule has 76 valence electrons. The predicted octanol–water partition coefficient (Wildman–Crippen LogP) is 1.92. The second kappa shape index (κ2) is 3.58. The van der Waals surface area contributed by atoms with Crippen LogP contribution in [0.3, 0.4) is 0 Å². The molecule has 1 heterocycles. The molecule has 2 rings (SSSR count). The number of rotatable bonds is 1. The summed E-state index contributed by atoms with van der Waals surface area (Å²) in [6.07, 6.45) is 1.05. The Bertz CT molecular complexity index is 345. The van der Waals surface area contributed by atoms with Crippen LogP contribution < -0.4 is 5.32 Å². The van der Waals surface area contributed by atoms with Crippen molar-refractivity contribution in [2.45, 2.75) is 19.3 Å². The minimum Gasteiger partial charge on any atom is -0.505 e. The van der Waals surface area contributed by atoms with Crippen LogP contribution in [-0.4, -0.2) is 18.2 Å². The molecule has 1 aliphatic rings. The highest BCUT2D eigenvalue weighted by atomic mass is 19.1. The predicted molar refractivity (Wildman–Crippen MR) is 53.0 cm³/mol. The van der Waals surface area contributed by atoms with E-state index >= 15 is 0 Å². The summed E-state index contributed by atoms with van der Waals surface area (Å²) in [5, 5.41) is 12.4. The second-order valence-corrected chi connectivity index (χ2v) is 3.85. The Balaban J connectivity index is 2.37. The molecule has 2 N–H and O–H groups in total. The monoisotopic (exact) mass is 195 g/mol. The van der Waals surface area contributed by atoms with Gasteiger partial charge in [0.05, 0.1) is 0 Å². The van der Waals surface area contributed by atoms with Gasteiger partial charge in [-0.05, 0) is 49.1 Å². The summed E-state index contributed by atoms with van der Waals surface area (Å²) in [7, 11) is 0. The van der Waals surface area contributed by atoms with Crippen LogP contribution >= 0.6 is 0 Å². The van der Waals surface area contributed by atoms with Gasteiger partial charge in [-0.1, -0.05) is 0 Å². The third kappa shape index (κ3) is 1.60. The molecule has 1 fully saturated rings. The molecule has 14 heavy (non-hydrogen) atoms. The number of halogens is 1. The minimum atomic E-state index is -0.516. The van der Waals surface area contributed by atoms with E-state index in [9.17, 15) is 9.50 Å². The lowest BCUT2D eigenvalue weighted by Gasteiger charge is -2.12. The number of aryl methyl sites for hydroxylation is 1. The van der Waals surface area contributed by atoms with Crippen molar-refractivity contribution in [3.05, 3.63) is 29.1 Å². The van der Waals surface area contributed by atoms with Gasteiger partial charge in [0.1, 0.15) is 0 Å². The van der Waals surface area contributed by atoms with E-state index in [1.165, 1.54) is 12.1 Å². The van der Waals surface area contributed by atoms with Gasteiger partial charge < -0.3 is 10.4 Å². The topological polar surface area (TPSA) is 32.3 Å². The second-order valence-electron chi connectivity index (χ2n) is 3.85. The van der Waals surface area contributed by atoms with E-state index < -0.39 is 5.82 Å². The summed E-state index contributed by atoms with van der Waals surface area (Å²) in [6.45, 7) is 3.81. The van der Waals surface area contributed by atoms with Gasteiger partial charge >= 0.3 is 0 Å². The zero-order valence-corrected chi connectivity index (χ0v) is 8.18. The van der Waals surface area contributed by atoms with Gasteiger partial charge in [-0.3, -0.25) is 0 Å². The summed E-state index contributed by atoms with van der Waals surface area (Å²) in [6, 6.07) is 2.96. The summed E-state index contributed by atoms with van der Waals surface area (Å²) in [4.78, 5) is 0. The molecular formula is C11H14FNO. The molecular weight excluding hydrogens is 181 g/mol. The van der Waals surface area contributed by atoms with Crippen LogP contribution in [0.15, 0.2) is 12.1 Å². The first-order chi connectivity index (χ1) is 6.68. The Morgan fingerprint density at radius 1 is 1.50 bits per heavy atom. The molecule has 0 aromatic heterocycles. The number of benzene rings is 1. The average molecular weight is 195 g/mol. The number of nitrogens with one attached hydrogen (secondary N) is 1. The number of aromatic hydroxyl groups is 1. The van der Waals surface area contributed by atoms with Gasteiger partial charge in [-0.2, -0.15) is 0 Å². The van der Waals surface area contributed by atoms with Crippen molar-refractivity contribution in [2.75, 3.05) is 13.1 Å². The van der Waals surface area contributed by atoms with Crippen LogP contribution in [0.1, 0.15) is 23.5 Å². The van der Waals surface area contributed by atoms with Gasteiger partial charge in [0, 0.05) is 6.54 Å². The summed E-state index contributed by atoms with van der Waals surface area (Å²) < 4.78 is 13.1. The molecule has 1 atom stereocenters. The van der Waals surface area contributed by atoms with E-state index in [1.807, 2.05) is 6.92 Å². The molecule has 1 aromatic rings. The number of hydrogen-bond acceptors (Lipinski definition) is 2. The Kier molecular flexibility index (Phi) is 2.42. The Labute approximate surface area is 82.8 Å². The maximum atomic E-state index is 13.1. The quantitative estimate of drug-likeness (QED) is 0.717. The van der Waals surface area contributed by atoms with Crippen LogP contribution in [0.5, 0.6) is 5.75 Å². The van der Waals surface area contributed by atoms with Crippen molar-refractivity contribution < 1.29 is 9.50 Å². The van der Waals surface area contributed by atoms with Gasteiger partial charge in [0.25, 0.3) is 0 Å². The van der Waals surface area contributed by atoms with Crippen molar-refractivity contribution in [2.24, 2.45) is 0 Å². The molecule has 1 aromatic carbocycles. The Hall–Kier alpha value is -1.09. The maximum Gasteiger partial charge on any atom is 0.165 e. The van der Waals surface area contributed by atoms with E-state index in [0.717, 1.165) is 30.6 Å². The molecule has 0 aliphatic carbocycles. The Morgan fingerprint density at radius 3 is 2.93 bits per heavy atom. The highest BCUT2D eigenvalue weighted by molar-refractivity contribution is 5.38. The van der Waals surface area contributed by atoms with Crippen LogP contribution in [0.2, 0.25) is 0 Å². The van der Waals surface area contributed by atoms with E-state index in [1.54, 1.807) is 0 Å². The molecule has 0 spiro atoms. The highest BCUT2D eigenvalue weighted by Crippen LogP contribution is 2.29. The van der Waals surface area contributed by atoms with Gasteiger partial charge in [-0.25, -0.2) is 4.39 Å². The van der Waals surface area contributed by atoms with E-state index in [-0.39, 0.29) is 5.75 Å². The van der Waals surface area contributed by atoms with Crippen LogP contribution in [0.25, 0.3) is 0 Å². The lowest BCUT2D eigenvalue weighted by Crippen LogP contribution is -2.09. The maximum absolute atomic E-state index is 13.1.